The van der Waals surface area contributed by atoms with Gasteiger partial charge in [-0.2, -0.15) is 0 Å². The Bertz CT molecular complexity index is 489. The van der Waals surface area contributed by atoms with E-state index in [4.69, 9.17) is 5.73 Å². The Hall–Kier alpha value is -1.41. The summed E-state index contributed by atoms with van der Waals surface area (Å²) in [6.07, 6.45) is 0. The molecule has 0 unspecified atom stereocenters. The van der Waals surface area contributed by atoms with Crippen LogP contribution in [0.1, 0.15) is 25.0 Å². The van der Waals surface area contributed by atoms with Gasteiger partial charge in [0.15, 0.2) is 0 Å². The second kappa shape index (κ2) is 6.67. The minimum absolute atomic E-state index is 0.0403. The van der Waals surface area contributed by atoms with Crippen LogP contribution in [0.15, 0.2) is 18.2 Å². The molecule has 0 aromatic heterocycles. The van der Waals surface area contributed by atoms with Gasteiger partial charge in [-0.15, -0.1) is 0 Å². The van der Waals surface area contributed by atoms with Crippen LogP contribution in [-0.2, 0) is 6.54 Å². The maximum Gasteiger partial charge on any atom is 0.124 e. The number of hydrogen-bond donors (Lipinski definition) is 2. The number of hydrogen-bond acceptors (Lipinski definition) is 3. The van der Waals surface area contributed by atoms with Crippen molar-refractivity contribution in [1.82, 2.24) is 4.90 Å². The summed E-state index contributed by atoms with van der Waals surface area (Å²) < 4.78 is 13.5. The number of nitrogens with two attached hydrogens (primary N) is 1. The van der Waals surface area contributed by atoms with Crippen LogP contribution in [0, 0.1) is 17.7 Å². The Morgan fingerprint density at radius 1 is 1.37 bits per heavy atom. The van der Waals surface area contributed by atoms with Crippen LogP contribution in [0.2, 0.25) is 0 Å². The van der Waals surface area contributed by atoms with Crippen molar-refractivity contribution in [1.29, 1.82) is 0 Å². The first-order chi connectivity index (χ1) is 8.89. The van der Waals surface area contributed by atoms with Crippen LogP contribution >= 0.6 is 0 Å². The zero-order valence-corrected chi connectivity index (χ0v) is 11.7. The van der Waals surface area contributed by atoms with Gasteiger partial charge in [-0.05, 0) is 44.7 Å². The standard InChI is InChI=1S/C15H21FN2O/c1-15(2,11-19)18(3)10-13-7-12(5-4-6-17)8-14(16)9-13/h7-9,19H,6,10-11,17H2,1-3H3. The minimum Gasteiger partial charge on any atom is -0.394 e. The van der Waals surface area contributed by atoms with Crippen LogP contribution in [0.5, 0.6) is 0 Å². The third kappa shape index (κ3) is 4.64. The molecule has 0 atom stereocenters. The van der Waals surface area contributed by atoms with Crippen LogP contribution in [0.4, 0.5) is 4.39 Å². The SMILES string of the molecule is CN(Cc1cc(F)cc(C#CCN)c1)C(C)(C)CO. The maximum atomic E-state index is 13.5. The zero-order valence-electron chi connectivity index (χ0n) is 11.7. The number of rotatable bonds is 4. The Morgan fingerprint density at radius 2 is 2.05 bits per heavy atom. The topological polar surface area (TPSA) is 49.5 Å². The highest BCUT2D eigenvalue weighted by molar-refractivity contribution is 5.38. The van der Waals surface area contributed by atoms with Crippen molar-refractivity contribution >= 4 is 0 Å². The Kier molecular flexibility index (Phi) is 5.49. The molecule has 4 heteroatoms. The lowest BCUT2D eigenvalue weighted by atomic mass is 10.0. The average Bonchev–Trinajstić information content (AvgIpc) is 2.35. The van der Waals surface area contributed by atoms with E-state index < -0.39 is 0 Å². The fourth-order valence-electron chi connectivity index (χ4n) is 1.58. The Morgan fingerprint density at radius 3 is 2.63 bits per heavy atom. The van der Waals surface area contributed by atoms with E-state index in [0.717, 1.165) is 5.56 Å². The predicted molar refractivity (Wildman–Crippen MR) is 75.0 cm³/mol. The van der Waals surface area contributed by atoms with Gasteiger partial charge in [0.2, 0.25) is 0 Å². The summed E-state index contributed by atoms with van der Waals surface area (Å²) in [5.41, 5.74) is 6.40. The molecular weight excluding hydrogens is 243 g/mol. The van der Waals surface area contributed by atoms with Crippen molar-refractivity contribution in [2.45, 2.75) is 25.9 Å². The highest BCUT2D eigenvalue weighted by Crippen LogP contribution is 2.17. The largest absolute Gasteiger partial charge is 0.394 e. The van der Waals surface area contributed by atoms with E-state index in [-0.39, 0.29) is 24.5 Å². The van der Waals surface area contributed by atoms with Gasteiger partial charge in [0.25, 0.3) is 0 Å². The van der Waals surface area contributed by atoms with Crippen molar-refractivity contribution < 1.29 is 9.50 Å². The monoisotopic (exact) mass is 264 g/mol. The molecule has 0 aliphatic carbocycles. The van der Waals surface area contributed by atoms with Gasteiger partial charge in [0.05, 0.1) is 13.2 Å². The van der Waals surface area contributed by atoms with Crippen molar-refractivity contribution in [2.75, 3.05) is 20.2 Å². The van der Waals surface area contributed by atoms with Crippen molar-refractivity contribution in [3.8, 4) is 11.8 Å². The first kappa shape index (κ1) is 15.6. The van der Waals surface area contributed by atoms with Crippen LogP contribution < -0.4 is 5.73 Å². The van der Waals surface area contributed by atoms with Gasteiger partial charge in [-0.1, -0.05) is 11.8 Å². The van der Waals surface area contributed by atoms with E-state index in [1.54, 1.807) is 0 Å². The molecule has 0 aliphatic rings. The third-order valence-corrected chi connectivity index (χ3v) is 3.13. The first-order valence-electron chi connectivity index (χ1n) is 6.19. The highest BCUT2D eigenvalue weighted by Gasteiger charge is 2.22. The summed E-state index contributed by atoms with van der Waals surface area (Å²) in [6.45, 7) is 4.70. The molecule has 1 aromatic carbocycles. The minimum atomic E-state index is -0.352. The second-order valence-electron chi connectivity index (χ2n) is 5.18. The van der Waals surface area contributed by atoms with E-state index in [1.807, 2.05) is 31.9 Å². The van der Waals surface area contributed by atoms with Crippen molar-refractivity contribution in [3.63, 3.8) is 0 Å². The number of benzene rings is 1. The molecule has 0 saturated carbocycles. The van der Waals surface area contributed by atoms with Gasteiger partial charge < -0.3 is 10.8 Å². The number of aliphatic hydroxyl groups is 1. The lowest BCUT2D eigenvalue weighted by Crippen LogP contribution is -2.43. The average molecular weight is 264 g/mol. The third-order valence-electron chi connectivity index (χ3n) is 3.13. The molecule has 0 bridgehead atoms. The molecule has 1 aromatic rings. The van der Waals surface area contributed by atoms with E-state index in [1.165, 1.54) is 12.1 Å². The van der Waals surface area contributed by atoms with Gasteiger partial charge in [0.1, 0.15) is 5.82 Å². The summed E-state index contributed by atoms with van der Waals surface area (Å²) in [5.74, 6) is 5.23. The summed E-state index contributed by atoms with van der Waals surface area (Å²) >= 11 is 0. The summed E-state index contributed by atoms with van der Waals surface area (Å²) in [7, 11) is 1.90. The van der Waals surface area contributed by atoms with Crippen molar-refractivity contribution in [2.24, 2.45) is 5.73 Å². The molecule has 0 aliphatic heterocycles. The molecule has 0 spiro atoms. The van der Waals surface area contributed by atoms with E-state index >= 15 is 0 Å². The van der Waals surface area contributed by atoms with Gasteiger partial charge in [-0.25, -0.2) is 4.39 Å². The van der Waals surface area contributed by atoms with E-state index in [9.17, 15) is 9.50 Å². The number of nitrogens with zero attached hydrogens (tertiary/aromatic N) is 1. The molecule has 0 radical (unpaired) electrons. The Labute approximate surface area is 114 Å². The smallest absolute Gasteiger partial charge is 0.124 e. The second-order valence-corrected chi connectivity index (χ2v) is 5.18. The van der Waals surface area contributed by atoms with Gasteiger partial charge in [-0.3, -0.25) is 4.90 Å². The van der Waals surface area contributed by atoms with Gasteiger partial charge >= 0.3 is 0 Å². The van der Waals surface area contributed by atoms with Gasteiger partial charge in [0, 0.05) is 17.6 Å². The maximum absolute atomic E-state index is 13.5. The zero-order chi connectivity index (χ0) is 14.5. The molecule has 0 heterocycles. The normalized spacial score (nSPS) is 11.3. The molecule has 3 N–H and O–H groups in total. The molecular formula is C15H21FN2O. The lowest BCUT2D eigenvalue weighted by Gasteiger charge is -2.33. The number of likely N-dealkylation sites (N-methyl/N-ethyl adjacent to an activating group) is 1. The van der Waals surface area contributed by atoms with E-state index in [2.05, 4.69) is 11.8 Å². The summed E-state index contributed by atoms with van der Waals surface area (Å²) in [6, 6.07) is 4.72. The lowest BCUT2D eigenvalue weighted by molar-refractivity contribution is 0.0733. The predicted octanol–water partition coefficient (Wildman–Crippen LogP) is 1.34. The van der Waals surface area contributed by atoms with Crippen LogP contribution in [-0.4, -0.2) is 35.7 Å². The fourth-order valence-corrected chi connectivity index (χ4v) is 1.58. The van der Waals surface area contributed by atoms with Crippen LogP contribution in [0.3, 0.4) is 0 Å². The molecule has 104 valence electrons. The number of aliphatic hydroxyl groups excluding tert-OH is 1. The fraction of sp³-hybridized carbons (Fsp3) is 0.467. The van der Waals surface area contributed by atoms with Crippen molar-refractivity contribution in [3.05, 3.63) is 35.1 Å². The highest BCUT2D eigenvalue weighted by atomic mass is 19.1. The van der Waals surface area contributed by atoms with E-state index in [0.29, 0.717) is 12.1 Å². The molecule has 0 saturated heterocycles. The molecule has 0 amide bonds. The molecule has 19 heavy (non-hydrogen) atoms. The molecule has 3 nitrogen and oxygen atoms in total. The van der Waals surface area contributed by atoms with Crippen LogP contribution in [0.25, 0.3) is 0 Å². The summed E-state index contributed by atoms with van der Waals surface area (Å²) in [5, 5.41) is 9.32. The molecule has 1 rings (SSSR count). The first-order valence-corrected chi connectivity index (χ1v) is 6.19. The Balaban J connectivity index is 2.93. The molecule has 0 fully saturated rings. The summed E-state index contributed by atoms with van der Waals surface area (Å²) in [4.78, 5) is 1.97. The number of halogens is 1. The quantitative estimate of drug-likeness (QED) is 0.807.